The lowest BCUT2D eigenvalue weighted by atomic mass is 10.2. The molecule has 2 aromatic carbocycles. The minimum absolute atomic E-state index is 0.0180. The van der Waals surface area contributed by atoms with Crippen LogP contribution < -0.4 is 10.0 Å². The fraction of sp³-hybridized carbons (Fsp3) is 0.176. The maximum absolute atomic E-state index is 12.5. The summed E-state index contributed by atoms with van der Waals surface area (Å²) in [7, 11) is 0.901. The normalized spacial score (nSPS) is 10.8. The zero-order chi connectivity index (χ0) is 18.6. The van der Waals surface area contributed by atoms with E-state index in [2.05, 4.69) is 10.0 Å². The maximum Gasteiger partial charge on any atom is 0.261 e. The average Bonchev–Trinajstić information content (AvgIpc) is 2.60. The van der Waals surface area contributed by atoms with Gasteiger partial charge in [-0.05, 0) is 42.5 Å². The molecule has 0 heterocycles. The molecule has 2 amide bonds. The van der Waals surface area contributed by atoms with Crippen LogP contribution in [0.3, 0.4) is 0 Å². The Morgan fingerprint density at radius 3 is 2.16 bits per heavy atom. The van der Waals surface area contributed by atoms with Crippen LogP contribution in [-0.4, -0.2) is 46.3 Å². The number of rotatable bonds is 5. The first-order chi connectivity index (χ1) is 11.7. The second kappa shape index (κ2) is 7.35. The minimum atomic E-state index is -3.83. The Morgan fingerprint density at radius 2 is 1.60 bits per heavy atom. The number of amides is 2. The predicted molar refractivity (Wildman–Crippen MR) is 95.1 cm³/mol. The van der Waals surface area contributed by atoms with E-state index in [1.54, 1.807) is 32.3 Å². The van der Waals surface area contributed by atoms with Gasteiger partial charge in [0, 0.05) is 38.0 Å². The molecule has 132 valence electrons. The summed E-state index contributed by atoms with van der Waals surface area (Å²) < 4.78 is 27.4. The van der Waals surface area contributed by atoms with Crippen molar-refractivity contribution >= 4 is 27.5 Å². The number of anilines is 1. The lowest BCUT2D eigenvalue weighted by Crippen LogP contribution is -2.22. The molecule has 0 aliphatic carbocycles. The summed E-state index contributed by atoms with van der Waals surface area (Å²) in [6.45, 7) is 0. The van der Waals surface area contributed by atoms with Crippen molar-refractivity contribution in [2.75, 3.05) is 25.9 Å². The van der Waals surface area contributed by atoms with Gasteiger partial charge in [0.1, 0.15) is 0 Å². The third-order valence-corrected chi connectivity index (χ3v) is 4.82. The number of benzene rings is 2. The quantitative estimate of drug-likeness (QED) is 0.845. The molecule has 0 radical (unpaired) electrons. The van der Waals surface area contributed by atoms with Crippen LogP contribution in [-0.2, 0) is 10.0 Å². The van der Waals surface area contributed by atoms with E-state index < -0.39 is 10.0 Å². The average molecular weight is 361 g/mol. The highest BCUT2D eigenvalue weighted by Crippen LogP contribution is 2.18. The first-order valence-electron chi connectivity index (χ1n) is 7.41. The van der Waals surface area contributed by atoms with Crippen LogP contribution in [0.15, 0.2) is 53.4 Å². The van der Waals surface area contributed by atoms with Crippen molar-refractivity contribution in [1.82, 2.24) is 10.2 Å². The lowest BCUT2D eigenvalue weighted by Gasteiger charge is -2.12. The van der Waals surface area contributed by atoms with Crippen molar-refractivity contribution < 1.29 is 18.0 Å². The number of carbonyl (C=O) groups excluding carboxylic acids is 2. The smallest absolute Gasteiger partial charge is 0.261 e. The molecule has 7 nitrogen and oxygen atoms in total. The molecule has 0 bridgehead atoms. The Morgan fingerprint density at radius 1 is 0.960 bits per heavy atom. The summed E-state index contributed by atoms with van der Waals surface area (Å²) in [6, 6.07) is 11.8. The number of sulfonamides is 1. The van der Waals surface area contributed by atoms with E-state index in [4.69, 9.17) is 0 Å². The van der Waals surface area contributed by atoms with Crippen LogP contribution >= 0.6 is 0 Å². The predicted octanol–water partition coefficient (Wildman–Crippen LogP) is 1.55. The second-order valence-electron chi connectivity index (χ2n) is 5.49. The van der Waals surface area contributed by atoms with Crippen molar-refractivity contribution in [1.29, 1.82) is 0 Å². The molecule has 0 spiro atoms. The van der Waals surface area contributed by atoms with Gasteiger partial charge in [-0.2, -0.15) is 0 Å². The first-order valence-corrected chi connectivity index (χ1v) is 8.89. The van der Waals surface area contributed by atoms with Gasteiger partial charge in [0.25, 0.3) is 21.8 Å². The van der Waals surface area contributed by atoms with Gasteiger partial charge in [-0.1, -0.05) is 6.07 Å². The van der Waals surface area contributed by atoms with Gasteiger partial charge in [0.15, 0.2) is 0 Å². The number of nitrogens with zero attached hydrogens (tertiary/aromatic N) is 1. The van der Waals surface area contributed by atoms with Gasteiger partial charge < -0.3 is 10.2 Å². The molecule has 0 saturated carbocycles. The van der Waals surface area contributed by atoms with Gasteiger partial charge in [-0.15, -0.1) is 0 Å². The Hall–Kier alpha value is -2.87. The maximum atomic E-state index is 12.5. The topological polar surface area (TPSA) is 95.6 Å². The monoisotopic (exact) mass is 361 g/mol. The summed E-state index contributed by atoms with van der Waals surface area (Å²) in [5.74, 6) is -0.525. The van der Waals surface area contributed by atoms with Crippen LogP contribution in [0.2, 0.25) is 0 Å². The molecule has 2 rings (SSSR count). The van der Waals surface area contributed by atoms with Crippen LogP contribution in [0.4, 0.5) is 5.69 Å². The number of hydrogen-bond donors (Lipinski definition) is 2. The van der Waals surface area contributed by atoms with Crippen molar-refractivity contribution in [3.63, 3.8) is 0 Å². The van der Waals surface area contributed by atoms with Gasteiger partial charge in [-0.3, -0.25) is 14.3 Å². The molecular weight excluding hydrogens is 342 g/mol. The summed E-state index contributed by atoms with van der Waals surface area (Å²) in [5.41, 5.74) is 1.02. The SMILES string of the molecule is CNC(=O)c1ccc(S(=O)(=O)Nc2cccc(C(=O)N(C)C)c2)cc1. The summed E-state index contributed by atoms with van der Waals surface area (Å²) >= 11 is 0. The summed E-state index contributed by atoms with van der Waals surface area (Å²) in [6.07, 6.45) is 0. The molecule has 8 heteroatoms. The van der Waals surface area contributed by atoms with Gasteiger partial charge >= 0.3 is 0 Å². The molecule has 2 N–H and O–H groups in total. The fourth-order valence-electron chi connectivity index (χ4n) is 2.12. The Balaban J connectivity index is 2.25. The van der Waals surface area contributed by atoms with E-state index in [-0.39, 0.29) is 22.4 Å². The number of carbonyl (C=O) groups is 2. The zero-order valence-corrected chi connectivity index (χ0v) is 14.9. The van der Waals surface area contributed by atoms with E-state index in [1.807, 2.05) is 0 Å². The van der Waals surface area contributed by atoms with Crippen LogP contribution in [0.25, 0.3) is 0 Å². The van der Waals surface area contributed by atoms with E-state index in [1.165, 1.54) is 42.3 Å². The zero-order valence-electron chi connectivity index (χ0n) is 14.1. The van der Waals surface area contributed by atoms with Crippen LogP contribution in [0.5, 0.6) is 0 Å². The van der Waals surface area contributed by atoms with Crippen LogP contribution in [0, 0.1) is 0 Å². The van der Waals surface area contributed by atoms with Crippen molar-refractivity contribution in [2.24, 2.45) is 0 Å². The Labute approximate surface area is 146 Å². The molecule has 25 heavy (non-hydrogen) atoms. The molecule has 0 fully saturated rings. The van der Waals surface area contributed by atoms with Crippen molar-refractivity contribution in [3.8, 4) is 0 Å². The highest BCUT2D eigenvalue weighted by atomic mass is 32.2. The number of hydrogen-bond acceptors (Lipinski definition) is 4. The van der Waals surface area contributed by atoms with Gasteiger partial charge in [-0.25, -0.2) is 8.42 Å². The molecule has 0 aliphatic heterocycles. The molecular formula is C17H19N3O4S. The summed E-state index contributed by atoms with van der Waals surface area (Å²) in [4.78, 5) is 24.9. The standard InChI is InChI=1S/C17H19N3O4S/c1-18-16(21)12-7-9-15(10-8-12)25(23,24)19-14-6-4-5-13(11-14)17(22)20(2)3/h4-11,19H,1-3H3,(H,18,21). The van der Waals surface area contributed by atoms with Crippen LogP contribution in [0.1, 0.15) is 20.7 Å². The minimum Gasteiger partial charge on any atom is -0.355 e. The molecule has 2 aromatic rings. The van der Waals surface area contributed by atoms with Gasteiger partial charge in [0.05, 0.1) is 4.90 Å². The molecule has 0 unspecified atom stereocenters. The number of nitrogens with one attached hydrogen (secondary N) is 2. The third kappa shape index (κ3) is 4.36. The summed E-state index contributed by atoms with van der Waals surface area (Å²) in [5, 5.41) is 2.47. The Kier molecular flexibility index (Phi) is 5.43. The molecule has 0 aromatic heterocycles. The molecule has 0 saturated heterocycles. The third-order valence-electron chi connectivity index (χ3n) is 3.42. The first kappa shape index (κ1) is 18.5. The van der Waals surface area contributed by atoms with E-state index in [0.29, 0.717) is 11.1 Å². The van der Waals surface area contributed by atoms with Gasteiger partial charge in [0.2, 0.25) is 0 Å². The van der Waals surface area contributed by atoms with Crippen molar-refractivity contribution in [3.05, 3.63) is 59.7 Å². The highest BCUT2D eigenvalue weighted by molar-refractivity contribution is 7.92. The molecule has 0 aliphatic rings. The fourth-order valence-corrected chi connectivity index (χ4v) is 3.17. The second-order valence-corrected chi connectivity index (χ2v) is 7.17. The highest BCUT2D eigenvalue weighted by Gasteiger charge is 2.16. The molecule has 0 atom stereocenters. The van der Waals surface area contributed by atoms with E-state index in [9.17, 15) is 18.0 Å². The Bertz CT molecular complexity index is 890. The van der Waals surface area contributed by atoms with Crippen molar-refractivity contribution in [2.45, 2.75) is 4.90 Å². The lowest BCUT2D eigenvalue weighted by molar-refractivity contribution is 0.0827. The van der Waals surface area contributed by atoms with E-state index >= 15 is 0 Å². The van der Waals surface area contributed by atoms with E-state index in [0.717, 1.165) is 0 Å². The largest absolute Gasteiger partial charge is 0.355 e.